The van der Waals surface area contributed by atoms with Gasteiger partial charge in [-0.05, 0) is 44.4 Å². The average molecular weight is 407 g/mol. The Morgan fingerprint density at radius 2 is 2.12 bits per heavy atom. The molecular weight excluding hydrogens is 384 g/mol. The van der Waals surface area contributed by atoms with Gasteiger partial charge in [0.15, 0.2) is 5.96 Å². The van der Waals surface area contributed by atoms with Gasteiger partial charge in [0.25, 0.3) is 0 Å². The fourth-order valence-corrected chi connectivity index (χ4v) is 4.06. The van der Waals surface area contributed by atoms with Crippen molar-refractivity contribution in [3.63, 3.8) is 0 Å². The molecule has 0 aliphatic heterocycles. The normalized spacial score (nSPS) is 16.1. The first kappa shape index (κ1) is 17.4. The minimum absolute atomic E-state index is 0.246. The molecule has 3 rings (SSSR count). The van der Waals surface area contributed by atoms with Gasteiger partial charge >= 0.3 is 0 Å². The second kappa shape index (κ2) is 7.23. The zero-order valence-electron chi connectivity index (χ0n) is 14.3. The van der Waals surface area contributed by atoms with Crippen molar-refractivity contribution in [1.82, 2.24) is 15.6 Å². The Balaban J connectivity index is 1.56. The molecule has 0 spiro atoms. The summed E-state index contributed by atoms with van der Waals surface area (Å²) in [5, 5.41) is 7.95. The number of nitrogens with zero attached hydrogens (tertiary/aromatic N) is 2. The zero-order valence-corrected chi connectivity index (χ0v) is 16.7. The minimum atomic E-state index is 0.246. The number of hydrogen-bond donors (Lipinski definition) is 2. The molecule has 0 atom stereocenters. The number of aryl methyl sites for hydroxylation is 2. The van der Waals surface area contributed by atoms with E-state index in [4.69, 9.17) is 0 Å². The number of rotatable bonds is 5. The number of aliphatic imine (C=N–C) groups is 1. The summed E-state index contributed by atoms with van der Waals surface area (Å²) in [6.07, 6.45) is 2.44. The van der Waals surface area contributed by atoms with Crippen molar-refractivity contribution in [3.05, 3.63) is 49.9 Å². The predicted octanol–water partition coefficient (Wildman–Crippen LogP) is 3.92. The SMILES string of the molecule is CN=C(NCc1nc(C)c(C)s1)NCC1(c2cccc(Br)c2)CC1. The van der Waals surface area contributed by atoms with E-state index >= 15 is 0 Å². The van der Waals surface area contributed by atoms with E-state index in [0.29, 0.717) is 6.54 Å². The highest BCUT2D eigenvalue weighted by Crippen LogP contribution is 2.48. The quantitative estimate of drug-likeness (QED) is 0.584. The van der Waals surface area contributed by atoms with E-state index in [-0.39, 0.29) is 5.41 Å². The monoisotopic (exact) mass is 406 g/mol. The first-order valence-corrected chi connectivity index (χ1v) is 9.77. The molecular formula is C18H23BrN4S. The lowest BCUT2D eigenvalue weighted by atomic mass is 9.96. The van der Waals surface area contributed by atoms with Gasteiger partial charge in [-0.3, -0.25) is 4.99 Å². The fourth-order valence-electron chi connectivity index (χ4n) is 2.78. The Morgan fingerprint density at radius 1 is 1.33 bits per heavy atom. The molecule has 1 aliphatic carbocycles. The molecule has 24 heavy (non-hydrogen) atoms. The number of guanidine groups is 1. The van der Waals surface area contributed by atoms with Crippen LogP contribution in [-0.2, 0) is 12.0 Å². The maximum Gasteiger partial charge on any atom is 0.191 e. The van der Waals surface area contributed by atoms with Crippen molar-refractivity contribution < 1.29 is 0 Å². The number of nitrogens with one attached hydrogen (secondary N) is 2. The number of thiazole rings is 1. The molecule has 2 aromatic rings. The highest BCUT2D eigenvalue weighted by molar-refractivity contribution is 9.10. The molecule has 2 N–H and O–H groups in total. The van der Waals surface area contributed by atoms with Crippen LogP contribution in [-0.4, -0.2) is 24.5 Å². The van der Waals surface area contributed by atoms with Gasteiger partial charge in [-0.25, -0.2) is 4.98 Å². The second-order valence-electron chi connectivity index (χ2n) is 6.32. The Morgan fingerprint density at radius 3 is 2.71 bits per heavy atom. The first-order valence-electron chi connectivity index (χ1n) is 8.16. The average Bonchev–Trinajstić information content (AvgIpc) is 3.29. The van der Waals surface area contributed by atoms with Gasteiger partial charge in [0.05, 0.1) is 12.2 Å². The van der Waals surface area contributed by atoms with E-state index in [0.717, 1.165) is 27.7 Å². The van der Waals surface area contributed by atoms with Gasteiger partial charge in [0, 0.05) is 28.4 Å². The van der Waals surface area contributed by atoms with Crippen LogP contribution in [0, 0.1) is 13.8 Å². The largest absolute Gasteiger partial charge is 0.356 e. The maximum absolute atomic E-state index is 4.56. The van der Waals surface area contributed by atoms with Gasteiger partial charge in [-0.2, -0.15) is 0 Å². The smallest absolute Gasteiger partial charge is 0.191 e. The summed E-state index contributed by atoms with van der Waals surface area (Å²) in [6, 6.07) is 8.63. The Bertz CT molecular complexity index is 730. The lowest BCUT2D eigenvalue weighted by Gasteiger charge is -2.19. The van der Waals surface area contributed by atoms with E-state index in [1.54, 1.807) is 11.3 Å². The molecule has 0 bridgehead atoms. The molecule has 1 aromatic carbocycles. The summed E-state index contributed by atoms with van der Waals surface area (Å²) >= 11 is 5.31. The van der Waals surface area contributed by atoms with E-state index in [1.165, 1.54) is 23.3 Å². The van der Waals surface area contributed by atoms with E-state index in [9.17, 15) is 0 Å². The van der Waals surface area contributed by atoms with Crippen molar-refractivity contribution in [2.75, 3.05) is 13.6 Å². The molecule has 0 radical (unpaired) electrons. The standard InChI is InChI=1S/C18H23BrN4S/c1-12-13(2)24-16(23-12)10-21-17(20-3)22-11-18(7-8-18)14-5-4-6-15(19)9-14/h4-6,9H,7-8,10-11H2,1-3H3,(H2,20,21,22). The molecule has 0 saturated heterocycles. The Kier molecular flexibility index (Phi) is 5.25. The van der Waals surface area contributed by atoms with Gasteiger partial charge in [-0.15, -0.1) is 11.3 Å². The van der Waals surface area contributed by atoms with Crippen LogP contribution in [0.3, 0.4) is 0 Å². The van der Waals surface area contributed by atoms with Crippen molar-refractivity contribution in [2.45, 2.75) is 38.6 Å². The topological polar surface area (TPSA) is 49.3 Å². The number of halogens is 1. The van der Waals surface area contributed by atoms with Crippen LogP contribution in [0.1, 0.15) is 34.0 Å². The van der Waals surface area contributed by atoms with Gasteiger partial charge in [-0.1, -0.05) is 28.1 Å². The highest BCUT2D eigenvalue weighted by Gasteiger charge is 2.44. The molecule has 1 heterocycles. The molecule has 4 nitrogen and oxygen atoms in total. The molecule has 1 fully saturated rings. The molecule has 1 saturated carbocycles. The molecule has 1 aliphatic rings. The lowest BCUT2D eigenvalue weighted by Crippen LogP contribution is -2.40. The Hall–Kier alpha value is -1.40. The molecule has 0 amide bonds. The minimum Gasteiger partial charge on any atom is -0.356 e. The molecule has 0 unspecified atom stereocenters. The lowest BCUT2D eigenvalue weighted by molar-refractivity contribution is 0.645. The third-order valence-corrected chi connectivity index (χ3v) is 6.15. The number of hydrogen-bond acceptors (Lipinski definition) is 3. The fraction of sp³-hybridized carbons (Fsp3) is 0.444. The third kappa shape index (κ3) is 3.98. The van der Waals surface area contributed by atoms with E-state index in [2.05, 4.69) is 74.7 Å². The van der Waals surface area contributed by atoms with Crippen LogP contribution in [0.5, 0.6) is 0 Å². The molecule has 6 heteroatoms. The van der Waals surface area contributed by atoms with Crippen molar-refractivity contribution >= 4 is 33.2 Å². The van der Waals surface area contributed by atoms with Crippen LogP contribution >= 0.6 is 27.3 Å². The van der Waals surface area contributed by atoms with Crippen LogP contribution in [0.4, 0.5) is 0 Å². The number of benzene rings is 1. The summed E-state index contributed by atoms with van der Waals surface area (Å²) in [7, 11) is 1.81. The zero-order chi connectivity index (χ0) is 17.2. The second-order valence-corrected chi connectivity index (χ2v) is 8.52. The van der Waals surface area contributed by atoms with Crippen molar-refractivity contribution in [2.24, 2.45) is 4.99 Å². The van der Waals surface area contributed by atoms with Crippen LogP contribution in [0.2, 0.25) is 0 Å². The van der Waals surface area contributed by atoms with Gasteiger partial charge in [0.2, 0.25) is 0 Å². The maximum atomic E-state index is 4.56. The van der Waals surface area contributed by atoms with Crippen LogP contribution in [0.25, 0.3) is 0 Å². The summed E-state index contributed by atoms with van der Waals surface area (Å²) in [5.74, 6) is 0.835. The summed E-state index contributed by atoms with van der Waals surface area (Å²) < 4.78 is 1.14. The van der Waals surface area contributed by atoms with Crippen molar-refractivity contribution in [3.8, 4) is 0 Å². The van der Waals surface area contributed by atoms with Gasteiger partial charge in [0.1, 0.15) is 5.01 Å². The third-order valence-electron chi connectivity index (χ3n) is 4.59. The Labute approximate surface area is 155 Å². The molecule has 128 valence electrons. The van der Waals surface area contributed by atoms with Gasteiger partial charge < -0.3 is 10.6 Å². The van der Waals surface area contributed by atoms with Crippen LogP contribution in [0.15, 0.2) is 33.7 Å². The van der Waals surface area contributed by atoms with E-state index < -0.39 is 0 Å². The summed E-state index contributed by atoms with van der Waals surface area (Å²) in [5.41, 5.74) is 2.76. The molecule has 1 aromatic heterocycles. The first-order chi connectivity index (χ1) is 11.5. The highest BCUT2D eigenvalue weighted by atomic mass is 79.9. The van der Waals surface area contributed by atoms with E-state index in [1.807, 2.05) is 7.05 Å². The predicted molar refractivity (Wildman–Crippen MR) is 105 cm³/mol. The summed E-state index contributed by atoms with van der Waals surface area (Å²) in [6.45, 7) is 5.78. The summed E-state index contributed by atoms with van der Waals surface area (Å²) in [4.78, 5) is 10.2. The number of aromatic nitrogens is 1. The van der Waals surface area contributed by atoms with Crippen LogP contribution < -0.4 is 10.6 Å². The van der Waals surface area contributed by atoms with Crippen molar-refractivity contribution in [1.29, 1.82) is 0 Å².